The molecule has 2 aromatic rings. The third-order valence-electron chi connectivity index (χ3n) is 4.16. The van der Waals surface area contributed by atoms with Crippen LogP contribution in [0.1, 0.15) is 44.9 Å². The van der Waals surface area contributed by atoms with Gasteiger partial charge in [0.2, 0.25) is 0 Å². The zero-order valence-corrected chi connectivity index (χ0v) is 16.6. The number of hydrogen-bond donors (Lipinski definition) is 3. The highest BCUT2D eigenvalue weighted by atomic mass is 32.2. The number of carbonyl (C=O) groups is 3. The van der Waals surface area contributed by atoms with Crippen molar-refractivity contribution in [3.05, 3.63) is 53.1 Å². The van der Waals surface area contributed by atoms with Crippen LogP contribution in [0, 0.1) is 0 Å². The minimum atomic E-state index is -4.10. The molecule has 0 fully saturated rings. The summed E-state index contributed by atoms with van der Waals surface area (Å²) in [4.78, 5) is 35.3. The highest BCUT2D eigenvalue weighted by Crippen LogP contribution is 2.28. The van der Waals surface area contributed by atoms with Gasteiger partial charge < -0.3 is 10.1 Å². The fourth-order valence-corrected chi connectivity index (χ4v) is 3.93. The molecular formula is C19H19N3O6S. The van der Waals surface area contributed by atoms with Crippen LogP contribution in [0.15, 0.2) is 41.3 Å². The van der Waals surface area contributed by atoms with Crippen molar-refractivity contribution in [2.75, 3.05) is 23.2 Å². The van der Waals surface area contributed by atoms with Gasteiger partial charge in [-0.1, -0.05) is 0 Å². The molecule has 2 aromatic carbocycles. The van der Waals surface area contributed by atoms with E-state index in [2.05, 4.69) is 15.4 Å². The van der Waals surface area contributed by atoms with Gasteiger partial charge in [-0.25, -0.2) is 13.2 Å². The number of rotatable bonds is 7. The standard InChI is InChI=1S/C19H19N3O6S/c1-3-20-15-8-5-11(19(25)28-4-2)9-16(15)22-29(26,27)12-6-7-13-14(10-12)18(24)21-17(13)23/h5-10,20,22H,3-4H2,1-2H3,(H,21,23,24). The zero-order valence-electron chi connectivity index (χ0n) is 15.7. The quantitative estimate of drug-likeness (QED) is 0.464. The largest absolute Gasteiger partial charge is 0.462 e. The topological polar surface area (TPSA) is 131 Å². The molecule has 0 atom stereocenters. The first-order chi connectivity index (χ1) is 13.8. The van der Waals surface area contributed by atoms with Gasteiger partial charge in [0.15, 0.2) is 0 Å². The van der Waals surface area contributed by atoms with Crippen molar-refractivity contribution in [3.63, 3.8) is 0 Å². The molecule has 0 saturated heterocycles. The van der Waals surface area contributed by atoms with Crippen LogP contribution in [0.3, 0.4) is 0 Å². The van der Waals surface area contributed by atoms with Crippen LogP contribution in [0.2, 0.25) is 0 Å². The molecule has 0 bridgehead atoms. The summed E-state index contributed by atoms with van der Waals surface area (Å²) in [5.41, 5.74) is 0.915. The van der Waals surface area contributed by atoms with Crippen LogP contribution in [0.4, 0.5) is 11.4 Å². The summed E-state index contributed by atoms with van der Waals surface area (Å²) in [6.45, 7) is 4.22. The van der Waals surface area contributed by atoms with Crippen molar-refractivity contribution in [1.82, 2.24) is 5.32 Å². The predicted octanol–water partition coefficient (Wildman–Crippen LogP) is 1.98. The minimum Gasteiger partial charge on any atom is -0.462 e. The fraction of sp³-hybridized carbons (Fsp3) is 0.211. The second-order valence-corrected chi connectivity index (χ2v) is 7.79. The maximum Gasteiger partial charge on any atom is 0.338 e. The number of ether oxygens (including phenoxy) is 1. The molecule has 1 aliphatic heterocycles. The van der Waals surface area contributed by atoms with Gasteiger partial charge in [0.05, 0.1) is 39.6 Å². The second-order valence-electron chi connectivity index (χ2n) is 6.11. The van der Waals surface area contributed by atoms with Crippen molar-refractivity contribution in [2.45, 2.75) is 18.7 Å². The van der Waals surface area contributed by atoms with Gasteiger partial charge in [0, 0.05) is 6.54 Å². The number of amides is 2. The molecule has 10 heteroatoms. The number of fused-ring (bicyclic) bond motifs is 1. The lowest BCUT2D eigenvalue weighted by atomic mass is 10.1. The Hall–Kier alpha value is -3.40. The first kappa shape index (κ1) is 20.3. The molecule has 2 amide bonds. The van der Waals surface area contributed by atoms with E-state index in [-0.39, 0.29) is 33.9 Å². The summed E-state index contributed by atoms with van der Waals surface area (Å²) in [5, 5.41) is 5.13. The Bertz CT molecular complexity index is 1110. The van der Waals surface area contributed by atoms with E-state index >= 15 is 0 Å². The summed E-state index contributed by atoms with van der Waals surface area (Å²) >= 11 is 0. The summed E-state index contributed by atoms with van der Waals surface area (Å²) in [6.07, 6.45) is 0. The van der Waals surface area contributed by atoms with Crippen LogP contribution in [0.25, 0.3) is 0 Å². The van der Waals surface area contributed by atoms with Crippen molar-refractivity contribution in [2.24, 2.45) is 0 Å². The van der Waals surface area contributed by atoms with E-state index in [9.17, 15) is 22.8 Å². The van der Waals surface area contributed by atoms with E-state index < -0.39 is 27.8 Å². The van der Waals surface area contributed by atoms with Crippen molar-refractivity contribution < 1.29 is 27.5 Å². The van der Waals surface area contributed by atoms with Gasteiger partial charge in [-0.05, 0) is 50.2 Å². The molecule has 3 rings (SSSR count). The molecule has 152 valence electrons. The monoisotopic (exact) mass is 417 g/mol. The molecule has 0 spiro atoms. The molecular weight excluding hydrogens is 398 g/mol. The Morgan fingerprint density at radius 2 is 1.72 bits per heavy atom. The summed E-state index contributed by atoms with van der Waals surface area (Å²) in [5.74, 6) is -1.80. The summed E-state index contributed by atoms with van der Waals surface area (Å²) in [6, 6.07) is 8.13. The van der Waals surface area contributed by atoms with Crippen molar-refractivity contribution in [1.29, 1.82) is 0 Å². The molecule has 0 radical (unpaired) electrons. The smallest absolute Gasteiger partial charge is 0.338 e. The minimum absolute atomic E-state index is 0.00921. The van der Waals surface area contributed by atoms with Crippen LogP contribution >= 0.6 is 0 Å². The number of carbonyl (C=O) groups excluding carboxylic acids is 3. The Kier molecular flexibility index (Phi) is 5.55. The SMILES string of the molecule is CCNc1ccc(C(=O)OCC)cc1NS(=O)(=O)c1ccc2c(c1)C(=O)NC2=O. The average Bonchev–Trinajstić information content (AvgIpc) is 2.97. The molecule has 29 heavy (non-hydrogen) atoms. The normalized spacial score (nSPS) is 12.9. The van der Waals surface area contributed by atoms with E-state index in [1.54, 1.807) is 13.0 Å². The predicted molar refractivity (Wildman–Crippen MR) is 106 cm³/mol. The van der Waals surface area contributed by atoms with Gasteiger partial charge in [-0.15, -0.1) is 0 Å². The average molecular weight is 417 g/mol. The second kappa shape index (κ2) is 7.92. The number of anilines is 2. The molecule has 0 aliphatic carbocycles. The third-order valence-corrected chi connectivity index (χ3v) is 5.52. The number of sulfonamides is 1. The molecule has 0 aromatic heterocycles. The van der Waals surface area contributed by atoms with Gasteiger partial charge in [0.25, 0.3) is 21.8 Å². The first-order valence-electron chi connectivity index (χ1n) is 8.84. The van der Waals surface area contributed by atoms with Gasteiger partial charge in [0.1, 0.15) is 0 Å². The maximum atomic E-state index is 12.9. The Morgan fingerprint density at radius 1 is 1.00 bits per heavy atom. The summed E-state index contributed by atoms with van der Waals surface area (Å²) in [7, 11) is -4.10. The molecule has 0 unspecified atom stereocenters. The van der Waals surface area contributed by atoms with E-state index in [0.717, 1.165) is 6.07 Å². The van der Waals surface area contributed by atoms with E-state index in [1.165, 1.54) is 24.3 Å². The number of benzene rings is 2. The number of nitrogens with one attached hydrogen (secondary N) is 3. The highest BCUT2D eigenvalue weighted by molar-refractivity contribution is 7.92. The maximum absolute atomic E-state index is 12.9. The van der Waals surface area contributed by atoms with Crippen LogP contribution < -0.4 is 15.4 Å². The van der Waals surface area contributed by atoms with Crippen molar-refractivity contribution in [3.8, 4) is 0 Å². The van der Waals surface area contributed by atoms with Gasteiger partial charge in [-0.3, -0.25) is 19.6 Å². The van der Waals surface area contributed by atoms with E-state index in [0.29, 0.717) is 12.2 Å². The first-order valence-corrected chi connectivity index (χ1v) is 10.3. The van der Waals surface area contributed by atoms with Gasteiger partial charge in [-0.2, -0.15) is 0 Å². The van der Waals surface area contributed by atoms with Crippen LogP contribution in [0.5, 0.6) is 0 Å². The molecule has 9 nitrogen and oxygen atoms in total. The Labute approximate surface area is 167 Å². The van der Waals surface area contributed by atoms with Crippen LogP contribution in [-0.2, 0) is 14.8 Å². The van der Waals surface area contributed by atoms with E-state index in [4.69, 9.17) is 4.74 Å². The lowest BCUT2D eigenvalue weighted by Gasteiger charge is -2.15. The number of imide groups is 1. The number of hydrogen-bond acceptors (Lipinski definition) is 7. The molecule has 0 saturated carbocycles. The Balaban J connectivity index is 1.98. The van der Waals surface area contributed by atoms with E-state index in [1.807, 2.05) is 6.92 Å². The molecule has 1 aliphatic rings. The Morgan fingerprint density at radius 3 is 2.41 bits per heavy atom. The lowest BCUT2D eigenvalue weighted by molar-refractivity contribution is 0.0526. The van der Waals surface area contributed by atoms with Crippen LogP contribution in [-0.4, -0.2) is 39.4 Å². The molecule has 3 N–H and O–H groups in total. The van der Waals surface area contributed by atoms with Gasteiger partial charge >= 0.3 is 5.97 Å². The fourth-order valence-electron chi connectivity index (χ4n) is 2.83. The number of esters is 1. The van der Waals surface area contributed by atoms with Crippen molar-refractivity contribution >= 4 is 39.2 Å². The summed E-state index contributed by atoms with van der Waals surface area (Å²) < 4.78 is 33.1. The lowest BCUT2D eigenvalue weighted by Crippen LogP contribution is -2.20. The molecule has 1 heterocycles. The highest BCUT2D eigenvalue weighted by Gasteiger charge is 2.29. The zero-order chi connectivity index (χ0) is 21.2. The third kappa shape index (κ3) is 4.06.